The van der Waals surface area contributed by atoms with E-state index in [4.69, 9.17) is 8.75 Å². The van der Waals surface area contributed by atoms with Gasteiger partial charge in [-0.15, -0.1) is 9.32 Å². The van der Waals surface area contributed by atoms with Gasteiger partial charge in [0.05, 0.1) is 12.0 Å². The fourth-order valence-corrected chi connectivity index (χ4v) is 1.78. The molecule has 2 aromatic rings. The van der Waals surface area contributed by atoms with Gasteiger partial charge < -0.3 is 4.42 Å². The van der Waals surface area contributed by atoms with Crippen LogP contribution in [0.25, 0.3) is 11.3 Å². The first-order valence-corrected chi connectivity index (χ1v) is 5.87. The first-order valence-electron chi connectivity index (χ1n) is 5.13. The third-order valence-electron chi connectivity index (χ3n) is 2.13. The molecule has 17 heavy (non-hydrogen) atoms. The molecule has 1 aromatic carbocycles. The Balaban J connectivity index is 2.02. The predicted octanol–water partition coefficient (Wildman–Crippen LogP) is 3.34. The van der Waals surface area contributed by atoms with Crippen LogP contribution in [-0.4, -0.2) is 7.05 Å². The molecule has 4 nitrogen and oxygen atoms in total. The van der Waals surface area contributed by atoms with Crippen molar-refractivity contribution < 1.29 is 13.7 Å². The zero-order chi connectivity index (χ0) is 12.1. The topological polar surface area (TPSA) is 43.6 Å². The Bertz CT molecular complexity index is 467. The van der Waals surface area contributed by atoms with E-state index >= 15 is 0 Å². The average molecular weight is 251 g/mol. The number of benzene rings is 1. The molecule has 1 heterocycles. The van der Waals surface area contributed by atoms with Gasteiger partial charge in [-0.1, -0.05) is 12.1 Å². The van der Waals surface area contributed by atoms with Gasteiger partial charge in [0.1, 0.15) is 11.5 Å². The average Bonchev–Trinajstić information content (AvgIpc) is 2.77. The largest absolute Gasteiger partial charge is 0.461 e. The van der Waals surface area contributed by atoms with Gasteiger partial charge >= 0.3 is 0 Å². The molecule has 0 amide bonds. The summed E-state index contributed by atoms with van der Waals surface area (Å²) in [4.78, 5) is 5.50. The molecule has 0 aliphatic heterocycles. The summed E-state index contributed by atoms with van der Waals surface area (Å²) in [6, 6.07) is 11.7. The van der Waals surface area contributed by atoms with Crippen molar-refractivity contribution in [1.29, 1.82) is 0 Å². The summed E-state index contributed by atoms with van der Waals surface area (Å²) in [5, 5.41) is 0. The number of aryl methyl sites for hydroxylation is 1. The zero-order valence-corrected chi connectivity index (χ0v) is 10.4. The Kier molecular flexibility index (Phi) is 4.22. The maximum Gasteiger partial charge on any atom is 0.134 e. The minimum Gasteiger partial charge on any atom is -0.461 e. The SMILES string of the molecule is CNOOSc1ccc(-c2ccc(C)o2)cc1. The molecule has 0 spiro atoms. The lowest BCUT2D eigenvalue weighted by molar-refractivity contribution is -0.237. The van der Waals surface area contributed by atoms with Gasteiger partial charge in [0.25, 0.3) is 0 Å². The Morgan fingerprint density at radius 2 is 1.88 bits per heavy atom. The maximum atomic E-state index is 5.54. The predicted molar refractivity (Wildman–Crippen MR) is 66.0 cm³/mol. The van der Waals surface area contributed by atoms with E-state index in [9.17, 15) is 0 Å². The molecule has 1 N–H and O–H groups in total. The molecule has 0 saturated carbocycles. The molecule has 0 fully saturated rings. The lowest BCUT2D eigenvalue weighted by atomic mass is 10.2. The monoisotopic (exact) mass is 251 g/mol. The first kappa shape index (κ1) is 12.2. The molecule has 5 heteroatoms. The van der Waals surface area contributed by atoms with E-state index in [-0.39, 0.29) is 0 Å². The van der Waals surface area contributed by atoms with Crippen LogP contribution in [0.3, 0.4) is 0 Å². The van der Waals surface area contributed by atoms with E-state index in [0.717, 1.165) is 34.0 Å². The van der Waals surface area contributed by atoms with Crippen LogP contribution in [0, 0.1) is 6.92 Å². The van der Waals surface area contributed by atoms with Crippen LogP contribution in [0.2, 0.25) is 0 Å². The zero-order valence-electron chi connectivity index (χ0n) is 9.60. The van der Waals surface area contributed by atoms with Gasteiger partial charge in [0.15, 0.2) is 0 Å². The van der Waals surface area contributed by atoms with E-state index in [1.165, 1.54) is 0 Å². The quantitative estimate of drug-likeness (QED) is 0.382. The molecule has 0 aliphatic carbocycles. The van der Waals surface area contributed by atoms with Crippen LogP contribution < -0.4 is 5.48 Å². The lowest BCUT2D eigenvalue weighted by Gasteiger charge is -2.01. The first-order chi connectivity index (χ1) is 8.29. The summed E-state index contributed by atoms with van der Waals surface area (Å²) in [6.45, 7) is 1.93. The molecule has 0 bridgehead atoms. The Hall–Kier alpha value is -1.27. The molecule has 0 atom stereocenters. The molecule has 2 rings (SSSR count). The van der Waals surface area contributed by atoms with Gasteiger partial charge in [0.2, 0.25) is 0 Å². The molecular formula is C12H13NO3S. The number of nitrogens with one attached hydrogen (secondary N) is 1. The van der Waals surface area contributed by atoms with E-state index < -0.39 is 0 Å². The number of hydrogen-bond acceptors (Lipinski definition) is 5. The fourth-order valence-electron chi connectivity index (χ4n) is 1.35. The molecular weight excluding hydrogens is 238 g/mol. The van der Waals surface area contributed by atoms with Crippen molar-refractivity contribution in [2.24, 2.45) is 0 Å². The third-order valence-corrected chi connectivity index (χ3v) is 2.73. The van der Waals surface area contributed by atoms with Crippen molar-refractivity contribution >= 4 is 12.0 Å². The number of rotatable bonds is 5. The van der Waals surface area contributed by atoms with E-state index in [1.54, 1.807) is 7.05 Å². The van der Waals surface area contributed by atoms with Gasteiger partial charge in [-0.3, -0.25) is 0 Å². The molecule has 0 unspecified atom stereocenters. The van der Waals surface area contributed by atoms with Crippen molar-refractivity contribution in [3.05, 3.63) is 42.2 Å². The lowest BCUT2D eigenvalue weighted by Crippen LogP contribution is -2.03. The summed E-state index contributed by atoms with van der Waals surface area (Å²) in [6.07, 6.45) is 0. The van der Waals surface area contributed by atoms with Gasteiger partial charge in [-0.05, 0) is 31.2 Å². The van der Waals surface area contributed by atoms with Crippen molar-refractivity contribution in [2.45, 2.75) is 11.8 Å². The highest BCUT2D eigenvalue weighted by atomic mass is 32.2. The van der Waals surface area contributed by atoms with Gasteiger partial charge in [0, 0.05) is 17.5 Å². The standard InChI is InChI=1S/C12H13NO3S/c1-9-3-8-12(14-9)10-4-6-11(7-5-10)17-16-15-13-2/h3-8,13H,1-2H3. The number of hydrogen-bond donors (Lipinski definition) is 1. The van der Waals surface area contributed by atoms with Crippen LogP contribution in [0.15, 0.2) is 45.7 Å². The minimum atomic E-state index is 0.867. The fraction of sp³-hybridized carbons (Fsp3) is 0.167. The highest BCUT2D eigenvalue weighted by Crippen LogP contribution is 2.25. The highest BCUT2D eigenvalue weighted by Gasteiger charge is 2.03. The van der Waals surface area contributed by atoms with Crippen LogP contribution in [-0.2, 0) is 9.32 Å². The second-order valence-corrected chi connectivity index (χ2v) is 4.15. The summed E-state index contributed by atoms with van der Waals surface area (Å²) < 4.78 is 10.3. The van der Waals surface area contributed by atoms with E-state index in [0.29, 0.717) is 0 Å². The van der Waals surface area contributed by atoms with Crippen molar-refractivity contribution in [2.75, 3.05) is 7.05 Å². The second kappa shape index (κ2) is 5.88. The summed E-state index contributed by atoms with van der Waals surface area (Å²) in [5.74, 6) is 1.77. The summed E-state index contributed by atoms with van der Waals surface area (Å²) in [7, 11) is 1.63. The molecule has 0 aliphatic rings. The summed E-state index contributed by atoms with van der Waals surface area (Å²) >= 11 is 1.14. The summed E-state index contributed by atoms with van der Waals surface area (Å²) in [5.41, 5.74) is 3.46. The van der Waals surface area contributed by atoms with Crippen LogP contribution >= 0.6 is 12.0 Å². The van der Waals surface area contributed by atoms with Crippen molar-refractivity contribution in [3.8, 4) is 11.3 Å². The van der Waals surface area contributed by atoms with Crippen LogP contribution in [0.5, 0.6) is 0 Å². The Morgan fingerprint density at radius 3 is 2.47 bits per heavy atom. The second-order valence-electron chi connectivity index (χ2n) is 3.37. The molecule has 90 valence electrons. The molecule has 0 radical (unpaired) electrons. The smallest absolute Gasteiger partial charge is 0.134 e. The van der Waals surface area contributed by atoms with E-state index in [1.807, 2.05) is 43.3 Å². The minimum absolute atomic E-state index is 0.867. The maximum absolute atomic E-state index is 5.54. The third kappa shape index (κ3) is 3.34. The molecule has 1 aromatic heterocycles. The number of hydroxylamine groups is 1. The van der Waals surface area contributed by atoms with Gasteiger partial charge in [-0.25, -0.2) is 0 Å². The Morgan fingerprint density at radius 1 is 1.12 bits per heavy atom. The van der Waals surface area contributed by atoms with Crippen molar-refractivity contribution in [1.82, 2.24) is 5.48 Å². The van der Waals surface area contributed by atoms with Crippen LogP contribution in [0.4, 0.5) is 0 Å². The molecule has 0 saturated heterocycles. The Labute approximate surface area is 104 Å². The van der Waals surface area contributed by atoms with Gasteiger partial charge in [-0.2, -0.15) is 5.48 Å². The van der Waals surface area contributed by atoms with Crippen molar-refractivity contribution in [3.63, 3.8) is 0 Å². The number of furan rings is 1. The normalized spacial score (nSPS) is 10.7. The van der Waals surface area contributed by atoms with E-state index in [2.05, 4.69) is 10.5 Å². The van der Waals surface area contributed by atoms with Crippen LogP contribution in [0.1, 0.15) is 5.76 Å². The highest BCUT2D eigenvalue weighted by molar-refractivity contribution is 7.94.